The first kappa shape index (κ1) is 19.4. The Hall–Kier alpha value is -2.34. The molecule has 0 unspecified atom stereocenters. The predicted octanol–water partition coefficient (Wildman–Crippen LogP) is 3.04. The molecular weight excluding hydrogens is 342 g/mol. The Morgan fingerprint density at radius 3 is 2.70 bits per heavy atom. The van der Waals surface area contributed by atoms with Crippen LogP contribution in [0.1, 0.15) is 48.3 Å². The monoisotopic (exact) mass is 371 g/mol. The summed E-state index contributed by atoms with van der Waals surface area (Å²) in [5.74, 6) is 2.58. The third-order valence-electron chi connectivity index (χ3n) is 5.34. The van der Waals surface area contributed by atoms with Gasteiger partial charge in [0.2, 0.25) is 0 Å². The number of piperidine rings is 1. The molecule has 0 bridgehead atoms. The van der Waals surface area contributed by atoms with E-state index in [1.807, 2.05) is 26.0 Å². The number of nitrogens with zero attached hydrogens (tertiary/aromatic N) is 2. The summed E-state index contributed by atoms with van der Waals surface area (Å²) in [6.45, 7) is 6.70. The highest BCUT2D eigenvalue weighted by molar-refractivity contribution is 5.42. The van der Waals surface area contributed by atoms with Gasteiger partial charge >= 0.3 is 0 Å². The second-order valence-electron chi connectivity index (χ2n) is 7.13. The van der Waals surface area contributed by atoms with E-state index in [2.05, 4.69) is 16.0 Å². The molecule has 1 aliphatic heterocycles. The highest BCUT2D eigenvalue weighted by Gasteiger charge is 2.24. The van der Waals surface area contributed by atoms with Crippen molar-refractivity contribution in [1.29, 1.82) is 0 Å². The Morgan fingerprint density at radius 2 is 2.04 bits per heavy atom. The van der Waals surface area contributed by atoms with Crippen LogP contribution in [0.3, 0.4) is 0 Å². The average molecular weight is 371 g/mol. The maximum Gasteiger partial charge on any atom is 0.254 e. The summed E-state index contributed by atoms with van der Waals surface area (Å²) in [4.78, 5) is 22.4. The van der Waals surface area contributed by atoms with Crippen molar-refractivity contribution in [2.75, 3.05) is 27.3 Å². The average Bonchev–Trinajstić information content (AvgIpc) is 2.68. The molecule has 3 rings (SSSR count). The number of ether oxygens (including phenoxy) is 2. The van der Waals surface area contributed by atoms with Crippen molar-refractivity contribution >= 4 is 0 Å². The molecule has 1 fully saturated rings. The van der Waals surface area contributed by atoms with E-state index in [4.69, 9.17) is 14.5 Å². The molecule has 6 nitrogen and oxygen atoms in total. The molecule has 2 aromatic rings. The number of aromatic nitrogens is 2. The van der Waals surface area contributed by atoms with Gasteiger partial charge in [0.25, 0.3) is 5.56 Å². The minimum absolute atomic E-state index is 0.0111. The third kappa shape index (κ3) is 4.33. The summed E-state index contributed by atoms with van der Waals surface area (Å²) in [7, 11) is 3.30. The van der Waals surface area contributed by atoms with E-state index in [9.17, 15) is 4.79 Å². The molecule has 0 aliphatic carbocycles. The van der Waals surface area contributed by atoms with Crippen LogP contribution in [0.15, 0.2) is 23.0 Å². The van der Waals surface area contributed by atoms with Crippen LogP contribution in [0.5, 0.6) is 11.5 Å². The van der Waals surface area contributed by atoms with E-state index in [0.29, 0.717) is 6.42 Å². The number of likely N-dealkylation sites (tertiary alicyclic amines) is 1. The summed E-state index contributed by atoms with van der Waals surface area (Å²) in [5, 5.41) is 0. The molecule has 2 heterocycles. The van der Waals surface area contributed by atoms with Crippen LogP contribution in [-0.2, 0) is 13.0 Å². The summed E-state index contributed by atoms with van der Waals surface area (Å²) in [6, 6.07) is 6.05. The number of hydrogen-bond acceptors (Lipinski definition) is 5. The standard InChI is InChI=1S/C21H29N3O3/c1-5-17-14(2)22-20(23-21(17)25)16-7-6-10-24(13-16)12-15-8-9-18(26-3)19(11-15)27-4/h8-9,11,16H,5-7,10,12-13H2,1-4H3,(H,22,23,25)/t16-/m1/s1. The molecule has 0 amide bonds. The van der Waals surface area contributed by atoms with Crippen LogP contribution in [-0.4, -0.2) is 42.2 Å². The molecule has 0 spiro atoms. The number of methoxy groups -OCH3 is 2. The van der Waals surface area contributed by atoms with Gasteiger partial charge in [0, 0.05) is 30.3 Å². The Morgan fingerprint density at radius 1 is 1.26 bits per heavy atom. The first-order chi connectivity index (χ1) is 13.0. The number of aromatic amines is 1. The maximum atomic E-state index is 12.3. The van der Waals surface area contributed by atoms with Gasteiger partial charge < -0.3 is 14.5 Å². The van der Waals surface area contributed by atoms with Gasteiger partial charge in [-0.1, -0.05) is 13.0 Å². The van der Waals surface area contributed by atoms with E-state index >= 15 is 0 Å². The predicted molar refractivity (Wildman–Crippen MR) is 106 cm³/mol. The first-order valence-corrected chi connectivity index (χ1v) is 9.58. The zero-order chi connectivity index (χ0) is 19.4. The van der Waals surface area contributed by atoms with E-state index in [1.54, 1.807) is 14.2 Å². The molecule has 6 heteroatoms. The van der Waals surface area contributed by atoms with Crippen LogP contribution >= 0.6 is 0 Å². The van der Waals surface area contributed by atoms with Crippen molar-refractivity contribution in [1.82, 2.24) is 14.9 Å². The molecule has 0 radical (unpaired) electrons. The molecule has 27 heavy (non-hydrogen) atoms. The fourth-order valence-corrected chi connectivity index (χ4v) is 3.90. The number of aryl methyl sites for hydroxylation is 1. The smallest absolute Gasteiger partial charge is 0.254 e. The number of rotatable bonds is 6. The largest absolute Gasteiger partial charge is 0.493 e. The SMILES string of the molecule is CCc1c(C)nc([C@@H]2CCCN(Cc3ccc(OC)c(OC)c3)C2)[nH]c1=O. The molecule has 146 valence electrons. The normalized spacial score (nSPS) is 17.7. The van der Waals surface area contributed by atoms with Crippen molar-refractivity contribution in [3.63, 3.8) is 0 Å². The topological polar surface area (TPSA) is 67.5 Å². The zero-order valence-electron chi connectivity index (χ0n) is 16.7. The van der Waals surface area contributed by atoms with E-state index in [0.717, 1.165) is 61.1 Å². The lowest BCUT2D eigenvalue weighted by molar-refractivity contribution is 0.196. The molecular formula is C21H29N3O3. The van der Waals surface area contributed by atoms with Crippen molar-refractivity contribution in [2.45, 2.75) is 45.6 Å². The fourth-order valence-electron chi connectivity index (χ4n) is 3.90. The summed E-state index contributed by atoms with van der Waals surface area (Å²) in [6.07, 6.45) is 2.86. The van der Waals surface area contributed by atoms with Crippen LogP contribution in [0.4, 0.5) is 0 Å². The number of nitrogens with one attached hydrogen (secondary N) is 1. The Labute approximate surface area is 160 Å². The summed E-state index contributed by atoms with van der Waals surface area (Å²) in [5.41, 5.74) is 2.84. The van der Waals surface area contributed by atoms with Crippen LogP contribution in [0.25, 0.3) is 0 Å². The minimum atomic E-state index is 0.0111. The van der Waals surface area contributed by atoms with Gasteiger partial charge in [-0.25, -0.2) is 4.98 Å². The lowest BCUT2D eigenvalue weighted by Gasteiger charge is -2.32. The van der Waals surface area contributed by atoms with Crippen LogP contribution in [0.2, 0.25) is 0 Å². The number of benzene rings is 1. The van der Waals surface area contributed by atoms with Gasteiger partial charge in [0.05, 0.1) is 14.2 Å². The molecule has 1 N–H and O–H groups in total. The lowest BCUT2D eigenvalue weighted by Crippen LogP contribution is -2.35. The van der Waals surface area contributed by atoms with E-state index in [-0.39, 0.29) is 11.5 Å². The van der Waals surface area contributed by atoms with Gasteiger partial charge in [-0.3, -0.25) is 9.69 Å². The Balaban J connectivity index is 1.74. The molecule has 1 aliphatic rings. The van der Waals surface area contributed by atoms with E-state index in [1.165, 1.54) is 5.56 Å². The molecule has 1 aromatic carbocycles. The fraction of sp³-hybridized carbons (Fsp3) is 0.524. The lowest BCUT2D eigenvalue weighted by atomic mass is 9.96. The van der Waals surface area contributed by atoms with Gasteiger partial charge in [0.15, 0.2) is 11.5 Å². The molecule has 1 aromatic heterocycles. The van der Waals surface area contributed by atoms with Gasteiger partial charge in [-0.15, -0.1) is 0 Å². The highest BCUT2D eigenvalue weighted by atomic mass is 16.5. The molecule has 0 saturated carbocycles. The van der Waals surface area contributed by atoms with E-state index < -0.39 is 0 Å². The first-order valence-electron chi connectivity index (χ1n) is 9.58. The Bertz CT molecular complexity index is 847. The number of hydrogen-bond donors (Lipinski definition) is 1. The van der Waals surface area contributed by atoms with Gasteiger partial charge in [0.1, 0.15) is 5.82 Å². The van der Waals surface area contributed by atoms with Crippen molar-refractivity contribution in [2.24, 2.45) is 0 Å². The quantitative estimate of drug-likeness (QED) is 0.845. The maximum absolute atomic E-state index is 12.3. The van der Waals surface area contributed by atoms with Gasteiger partial charge in [-0.2, -0.15) is 0 Å². The van der Waals surface area contributed by atoms with Gasteiger partial charge in [-0.05, 0) is 50.4 Å². The Kier molecular flexibility index (Phi) is 6.16. The third-order valence-corrected chi connectivity index (χ3v) is 5.34. The van der Waals surface area contributed by atoms with Crippen molar-refractivity contribution in [3.05, 3.63) is 51.2 Å². The van der Waals surface area contributed by atoms with Crippen LogP contribution in [0, 0.1) is 6.92 Å². The van der Waals surface area contributed by atoms with Crippen molar-refractivity contribution < 1.29 is 9.47 Å². The second-order valence-corrected chi connectivity index (χ2v) is 7.13. The number of H-pyrrole nitrogens is 1. The zero-order valence-corrected chi connectivity index (χ0v) is 16.7. The summed E-state index contributed by atoms with van der Waals surface area (Å²) >= 11 is 0. The summed E-state index contributed by atoms with van der Waals surface area (Å²) < 4.78 is 10.7. The molecule has 1 saturated heterocycles. The van der Waals surface area contributed by atoms with Crippen molar-refractivity contribution in [3.8, 4) is 11.5 Å². The highest BCUT2D eigenvalue weighted by Crippen LogP contribution is 2.30. The molecule has 1 atom stereocenters. The minimum Gasteiger partial charge on any atom is -0.493 e. The second kappa shape index (κ2) is 8.57. The van der Waals surface area contributed by atoms with Crippen LogP contribution < -0.4 is 15.0 Å².